The third-order valence-corrected chi connectivity index (χ3v) is 5.87. The van der Waals surface area contributed by atoms with Gasteiger partial charge in [0.05, 0.1) is 6.04 Å². The Bertz CT molecular complexity index is 1210. The first-order valence-electron chi connectivity index (χ1n) is 10.5. The Balaban J connectivity index is 1.45. The van der Waals surface area contributed by atoms with Crippen molar-refractivity contribution in [2.24, 2.45) is 0 Å². The largest absolute Gasteiger partial charge is 0.454 e. The van der Waals surface area contributed by atoms with Crippen LogP contribution >= 0.6 is 0 Å². The molecule has 0 spiro atoms. The number of para-hydroxylation sites is 1. The summed E-state index contributed by atoms with van der Waals surface area (Å²) < 4.78 is 53.4. The van der Waals surface area contributed by atoms with Crippen molar-refractivity contribution in [3.8, 4) is 11.5 Å². The second-order valence-electron chi connectivity index (χ2n) is 7.93. The van der Waals surface area contributed by atoms with E-state index >= 15 is 0 Å². The maximum atomic E-state index is 14.0. The van der Waals surface area contributed by atoms with Crippen LogP contribution in [0.25, 0.3) is 0 Å². The van der Waals surface area contributed by atoms with Crippen molar-refractivity contribution in [2.45, 2.75) is 38.0 Å². The third-order valence-electron chi connectivity index (χ3n) is 5.87. The SMILES string of the molecule is CCc1ccccc1NC(=O)c1cc2n(n1)C(C(F)(F)F)CC(c1ccc3c(c1)OCO3)N2. The van der Waals surface area contributed by atoms with Crippen LogP contribution in [-0.4, -0.2) is 28.7 Å². The number of aryl methyl sites for hydroxylation is 1. The zero-order valence-electron chi connectivity index (χ0n) is 17.6. The average Bonchev–Trinajstić information content (AvgIpc) is 3.44. The van der Waals surface area contributed by atoms with Crippen LogP contribution in [0.1, 0.15) is 47.0 Å². The van der Waals surface area contributed by atoms with Crippen molar-refractivity contribution in [2.75, 3.05) is 17.4 Å². The summed E-state index contributed by atoms with van der Waals surface area (Å²) in [5, 5.41) is 9.86. The van der Waals surface area contributed by atoms with E-state index in [1.54, 1.807) is 30.3 Å². The fourth-order valence-electron chi connectivity index (χ4n) is 4.17. The van der Waals surface area contributed by atoms with E-state index in [0.29, 0.717) is 29.2 Å². The van der Waals surface area contributed by atoms with Gasteiger partial charge in [0, 0.05) is 18.2 Å². The van der Waals surface area contributed by atoms with Crippen LogP contribution in [-0.2, 0) is 6.42 Å². The van der Waals surface area contributed by atoms with Gasteiger partial charge in [0.2, 0.25) is 6.79 Å². The first kappa shape index (κ1) is 21.2. The van der Waals surface area contributed by atoms with E-state index in [4.69, 9.17) is 9.47 Å². The number of ether oxygens (including phenoxy) is 2. The van der Waals surface area contributed by atoms with Gasteiger partial charge in [0.25, 0.3) is 5.91 Å². The Kier molecular flexibility index (Phi) is 5.15. The van der Waals surface area contributed by atoms with E-state index in [1.165, 1.54) is 6.07 Å². The van der Waals surface area contributed by atoms with Gasteiger partial charge in [-0.1, -0.05) is 31.2 Å². The van der Waals surface area contributed by atoms with Crippen molar-refractivity contribution in [1.82, 2.24) is 9.78 Å². The van der Waals surface area contributed by atoms with Gasteiger partial charge in [-0.3, -0.25) is 4.79 Å². The number of benzene rings is 2. The van der Waals surface area contributed by atoms with Crippen molar-refractivity contribution in [3.63, 3.8) is 0 Å². The molecule has 3 heterocycles. The molecule has 2 aliphatic heterocycles. The molecule has 5 rings (SSSR count). The van der Waals surface area contributed by atoms with Crippen LogP contribution in [0.15, 0.2) is 48.5 Å². The molecule has 2 N–H and O–H groups in total. The fourth-order valence-corrected chi connectivity index (χ4v) is 4.17. The lowest BCUT2D eigenvalue weighted by Gasteiger charge is -2.33. The predicted molar refractivity (Wildman–Crippen MR) is 115 cm³/mol. The van der Waals surface area contributed by atoms with Gasteiger partial charge in [0.15, 0.2) is 23.2 Å². The molecule has 172 valence electrons. The lowest BCUT2D eigenvalue weighted by Crippen LogP contribution is -2.35. The quantitative estimate of drug-likeness (QED) is 0.570. The molecule has 1 aromatic heterocycles. The van der Waals surface area contributed by atoms with E-state index in [0.717, 1.165) is 10.2 Å². The highest BCUT2D eigenvalue weighted by atomic mass is 19.4. The summed E-state index contributed by atoms with van der Waals surface area (Å²) in [6, 6.07) is 11.2. The maximum absolute atomic E-state index is 14.0. The highest BCUT2D eigenvalue weighted by Crippen LogP contribution is 2.45. The molecule has 0 saturated heterocycles. The number of carbonyl (C=O) groups excluding carboxylic acids is 1. The zero-order chi connectivity index (χ0) is 23.2. The number of anilines is 2. The molecule has 2 aliphatic rings. The zero-order valence-corrected chi connectivity index (χ0v) is 17.6. The Hall–Kier alpha value is -3.69. The first-order chi connectivity index (χ1) is 15.8. The normalized spacial score (nSPS) is 19.0. The third kappa shape index (κ3) is 3.96. The van der Waals surface area contributed by atoms with Gasteiger partial charge in [-0.25, -0.2) is 4.68 Å². The summed E-state index contributed by atoms with van der Waals surface area (Å²) >= 11 is 0. The number of aromatic nitrogens is 2. The van der Waals surface area contributed by atoms with Gasteiger partial charge >= 0.3 is 6.18 Å². The highest BCUT2D eigenvalue weighted by Gasteiger charge is 2.47. The molecule has 10 heteroatoms. The minimum Gasteiger partial charge on any atom is -0.454 e. The Labute approximate surface area is 187 Å². The number of halogens is 3. The molecular formula is C23H21F3N4O3. The number of nitrogens with one attached hydrogen (secondary N) is 2. The molecule has 3 aromatic rings. The standard InChI is InChI=1S/C23H21F3N4O3/c1-2-13-5-3-4-6-15(13)28-22(31)17-11-21-27-16(10-20(23(24,25)26)30(21)29-17)14-7-8-18-19(9-14)33-12-32-18/h3-9,11,16,20,27H,2,10,12H2,1H3,(H,28,31). The van der Waals surface area contributed by atoms with Crippen LogP contribution in [0.2, 0.25) is 0 Å². The minimum atomic E-state index is -4.54. The number of fused-ring (bicyclic) bond motifs is 2. The molecule has 2 aromatic carbocycles. The van der Waals surface area contributed by atoms with Gasteiger partial charge in [-0.05, 0) is 35.7 Å². The first-order valence-corrected chi connectivity index (χ1v) is 10.5. The second-order valence-corrected chi connectivity index (χ2v) is 7.93. The molecule has 0 saturated carbocycles. The van der Waals surface area contributed by atoms with Crippen LogP contribution in [0.3, 0.4) is 0 Å². The van der Waals surface area contributed by atoms with E-state index in [9.17, 15) is 18.0 Å². The molecule has 33 heavy (non-hydrogen) atoms. The van der Waals surface area contributed by atoms with Crippen LogP contribution in [0.5, 0.6) is 11.5 Å². The minimum absolute atomic E-state index is 0.0778. The lowest BCUT2D eigenvalue weighted by atomic mass is 9.96. The number of nitrogens with zero attached hydrogens (tertiary/aromatic N) is 2. The van der Waals surface area contributed by atoms with Crippen molar-refractivity contribution < 1.29 is 27.4 Å². The molecule has 0 aliphatic carbocycles. The van der Waals surface area contributed by atoms with Crippen molar-refractivity contribution in [1.29, 1.82) is 0 Å². The molecule has 0 bridgehead atoms. The van der Waals surface area contributed by atoms with Crippen molar-refractivity contribution >= 4 is 17.4 Å². The summed E-state index contributed by atoms with van der Waals surface area (Å²) in [5.41, 5.74) is 2.06. The predicted octanol–water partition coefficient (Wildman–Crippen LogP) is 5.09. The van der Waals surface area contributed by atoms with Crippen LogP contribution < -0.4 is 20.1 Å². The molecule has 0 fully saturated rings. The van der Waals surface area contributed by atoms with E-state index in [2.05, 4.69) is 15.7 Å². The highest BCUT2D eigenvalue weighted by molar-refractivity contribution is 6.03. The van der Waals surface area contributed by atoms with E-state index in [-0.39, 0.29) is 24.7 Å². The van der Waals surface area contributed by atoms with Gasteiger partial charge in [0.1, 0.15) is 5.82 Å². The molecular weight excluding hydrogens is 437 g/mol. The number of alkyl halides is 3. The summed E-state index contributed by atoms with van der Waals surface area (Å²) in [7, 11) is 0. The maximum Gasteiger partial charge on any atom is 0.410 e. The molecule has 2 atom stereocenters. The molecule has 2 unspecified atom stereocenters. The van der Waals surface area contributed by atoms with E-state index < -0.39 is 24.2 Å². The van der Waals surface area contributed by atoms with Crippen LogP contribution in [0, 0.1) is 0 Å². The monoisotopic (exact) mass is 458 g/mol. The van der Waals surface area contributed by atoms with Gasteiger partial charge in [-0.15, -0.1) is 0 Å². The summed E-state index contributed by atoms with van der Waals surface area (Å²) in [6.45, 7) is 2.03. The number of carbonyl (C=O) groups is 1. The van der Waals surface area contributed by atoms with E-state index in [1.807, 2.05) is 19.1 Å². The molecule has 1 amide bonds. The average molecular weight is 458 g/mol. The lowest BCUT2D eigenvalue weighted by molar-refractivity contribution is -0.173. The summed E-state index contributed by atoms with van der Waals surface area (Å²) in [5.74, 6) is 0.602. The smallest absolute Gasteiger partial charge is 0.410 e. The Morgan fingerprint density at radius 3 is 2.76 bits per heavy atom. The number of rotatable bonds is 4. The topological polar surface area (TPSA) is 77.4 Å². The summed E-state index contributed by atoms with van der Waals surface area (Å²) in [4.78, 5) is 12.8. The number of hydrogen-bond acceptors (Lipinski definition) is 5. The Morgan fingerprint density at radius 2 is 1.97 bits per heavy atom. The number of amides is 1. The Morgan fingerprint density at radius 1 is 1.18 bits per heavy atom. The molecule has 7 nitrogen and oxygen atoms in total. The van der Waals surface area contributed by atoms with Crippen molar-refractivity contribution in [3.05, 3.63) is 65.4 Å². The van der Waals surface area contributed by atoms with Crippen LogP contribution in [0.4, 0.5) is 24.7 Å². The summed E-state index contributed by atoms with van der Waals surface area (Å²) in [6.07, 6.45) is -4.12. The second kappa shape index (κ2) is 8.02. The van der Waals surface area contributed by atoms with Gasteiger partial charge in [-0.2, -0.15) is 18.3 Å². The number of hydrogen-bond donors (Lipinski definition) is 2. The molecule has 0 radical (unpaired) electrons. The fraction of sp³-hybridized carbons (Fsp3) is 0.304. The van der Waals surface area contributed by atoms with Gasteiger partial charge < -0.3 is 20.1 Å².